The Kier molecular flexibility index (Phi) is 4.20. The molecule has 6 nitrogen and oxygen atoms in total. The minimum Gasteiger partial charge on any atom is -0.442 e. The van der Waals surface area contributed by atoms with Crippen molar-refractivity contribution >= 4 is 29.6 Å². The van der Waals surface area contributed by atoms with Crippen molar-refractivity contribution in [2.45, 2.75) is 65.3 Å². The molecule has 0 N–H and O–H groups in total. The molecule has 2 aromatic rings. The summed E-state index contributed by atoms with van der Waals surface area (Å²) < 4.78 is 32.8. The number of benzene rings is 1. The van der Waals surface area contributed by atoms with Crippen LogP contribution < -0.4 is 5.46 Å². The first-order valence-corrected chi connectivity index (χ1v) is 8.57. The summed E-state index contributed by atoms with van der Waals surface area (Å²) in [6.07, 6.45) is 0.695. The predicted molar refractivity (Wildman–Crippen MR) is 97.0 cm³/mol. The summed E-state index contributed by atoms with van der Waals surface area (Å²) >= 11 is 0. The summed E-state index contributed by atoms with van der Waals surface area (Å²) in [7, 11) is -0.681. The lowest BCUT2D eigenvalue weighted by molar-refractivity contribution is 0.00578. The second-order valence-electron chi connectivity index (χ2n) is 8.52. The van der Waals surface area contributed by atoms with Crippen LogP contribution in [0.4, 0.5) is 9.18 Å². The molecule has 1 aromatic carbocycles. The molecule has 140 valence electrons. The number of hydrogen-bond acceptors (Lipinski definition) is 5. The Balaban J connectivity index is 2.06. The van der Waals surface area contributed by atoms with E-state index in [4.69, 9.17) is 14.0 Å². The number of fused-ring (bicyclic) bond motifs is 1. The van der Waals surface area contributed by atoms with Crippen LogP contribution in [0.1, 0.15) is 48.5 Å². The lowest BCUT2D eigenvalue weighted by Gasteiger charge is -2.32. The third kappa shape index (κ3) is 3.12. The van der Waals surface area contributed by atoms with E-state index in [-0.39, 0.29) is 5.52 Å². The van der Waals surface area contributed by atoms with Gasteiger partial charge in [0.25, 0.3) is 0 Å². The van der Waals surface area contributed by atoms with E-state index >= 15 is 0 Å². The first kappa shape index (κ1) is 18.9. The van der Waals surface area contributed by atoms with Gasteiger partial charge in [-0.3, -0.25) is 0 Å². The number of nitrogens with zero attached hydrogens (tertiary/aromatic N) is 2. The zero-order chi connectivity index (χ0) is 19.5. The Morgan fingerprint density at radius 1 is 1.19 bits per heavy atom. The van der Waals surface area contributed by atoms with Crippen molar-refractivity contribution in [2.75, 3.05) is 0 Å². The molecule has 0 amide bonds. The van der Waals surface area contributed by atoms with Crippen molar-refractivity contribution < 1.29 is 23.2 Å². The van der Waals surface area contributed by atoms with E-state index in [2.05, 4.69) is 5.10 Å². The van der Waals surface area contributed by atoms with Crippen LogP contribution in [0.15, 0.2) is 18.3 Å². The summed E-state index contributed by atoms with van der Waals surface area (Å²) in [5, 5.41) is 4.49. The first-order chi connectivity index (χ1) is 11.8. The lowest BCUT2D eigenvalue weighted by atomic mass is 9.77. The lowest BCUT2D eigenvalue weighted by Crippen LogP contribution is -2.41. The standard InChI is InChI=1S/C18H24BFN2O4/c1-16(2,3)24-15(23)22-14-11(10-21-22)12(8-9-13(14)20)19-25-17(4,5)18(6,7)26-19/h8-10H,1-7H3. The molecule has 3 rings (SSSR count). The molecule has 1 aromatic heterocycles. The highest BCUT2D eigenvalue weighted by Crippen LogP contribution is 2.37. The van der Waals surface area contributed by atoms with Crippen LogP contribution in [0.5, 0.6) is 0 Å². The second kappa shape index (κ2) is 5.79. The predicted octanol–water partition coefficient (Wildman–Crippen LogP) is 3.26. The van der Waals surface area contributed by atoms with Gasteiger partial charge in [0.1, 0.15) is 16.9 Å². The number of aromatic nitrogens is 2. The summed E-state index contributed by atoms with van der Waals surface area (Å²) in [6, 6.07) is 2.88. The summed E-state index contributed by atoms with van der Waals surface area (Å²) in [5.41, 5.74) is -1.10. The summed E-state index contributed by atoms with van der Waals surface area (Å²) in [6.45, 7) is 13.0. The molecule has 1 aliphatic heterocycles. The fourth-order valence-corrected chi connectivity index (χ4v) is 2.74. The van der Waals surface area contributed by atoms with Gasteiger partial charge < -0.3 is 14.0 Å². The minimum atomic E-state index is -0.738. The molecule has 0 bridgehead atoms. The Labute approximate surface area is 152 Å². The molecule has 0 saturated carbocycles. The highest BCUT2D eigenvalue weighted by molar-refractivity contribution is 6.65. The quantitative estimate of drug-likeness (QED) is 0.729. The topological polar surface area (TPSA) is 62.6 Å². The molecule has 1 aliphatic rings. The second-order valence-corrected chi connectivity index (χ2v) is 8.52. The normalized spacial score (nSPS) is 19.2. The van der Waals surface area contributed by atoms with Crippen LogP contribution in [-0.4, -0.2) is 39.8 Å². The van der Waals surface area contributed by atoms with E-state index in [1.54, 1.807) is 26.8 Å². The van der Waals surface area contributed by atoms with Gasteiger partial charge in [-0.15, -0.1) is 0 Å². The Hall–Kier alpha value is -1.93. The highest BCUT2D eigenvalue weighted by atomic mass is 19.1. The van der Waals surface area contributed by atoms with E-state index in [0.29, 0.717) is 10.8 Å². The SMILES string of the molecule is CC(C)(C)OC(=O)n1ncc2c(B3OC(C)(C)C(C)(C)O3)ccc(F)c21. The largest absolute Gasteiger partial charge is 0.495 e. The van der Waals surface area contributed by atoms with Gasteiger partial charge in [-0.25, -0.2) is 9.18 Å². The molecule has 1 fully saturated rings. The third-order valence-electron chi connectivity index (χ3n) is 4.79. The van der Waals surface area contributed by atoms with Crippen LogP contribution in [-0.2, 0) is 14.0 Å². The molecule has 26 heavy (non-hydrogen) atoms. The summed E-state index contributed by atoms with van der Waals surface area (Å²) in [5.74, 6) is -0.566. The fraction of sp³-hybridized carbons (Fsp3) is 0.556. The van der Waals surface area contributed by atoms with Crippen molar-refractivity contribution in [1.82, 2.24) is 9.78 Å². The van der Waals surface area contributed by atoms with Crippen LogP contribution in [0, 0.1) is 5.82 Å². The van der Waals surface area contributed by atoms with Gasteiger partial charge in [-0.2, -0.15) is 9.78 Å². The number of carbonyl (C=O) groups is 1. The molecule has 0 radical (unpaired) electrons. The van der Waals surface area contributed by atoms with Crippen LogP contribution in [0.25, 0.3) is 10.9 Å². The molecular weight excluding hydrogens is 338 g/mol. The van der Waals surface area contributed by atoms with Crippen molar-refractivity contribution in [3.05, 3.63) is 24.1 Å². The third-order valence-corrected chi connectivity index (χ3v) is 4.79. The van der Waals surface area contributed by atoms with Crippen LogP contribution >= 0.6 is 0 Å². The van der Waals surface area contributed by atoms with Crippen LogP contribution in [0.2, 0.25) is 0 Å². The average molecular weight is 362 g/mol. The van der Waals surface area contributed by atoms with Gasteiger partial charge in [0.2, 0.25) is 0 Å². The van der Waals surface area contributed by atoms with E-state index in [0.717, 1.165) is 4.68 Å². The number of ether oxygens (including phenoxy) is 1. The van der Waals surface area contributed by atoms with Crippen LogP contribution in [0.3, 0.4) is 0 Å². The van der Waals surface area contributed by atoms with E-state index in [1.807, 2.05) is 27.7 Å². The Morgan fingerprint density at radius 3 is 2.31 bits per heavy atom. The molecule has 2 heterocycles. The maximum Gasteiger partial charge on any atom is 0.495 e. The van der Waals surface area contributed by atoms with E-state index < -0.39 is 35.8 Å². The highest BCUT2D eigenvalue weighted by Gasteiger charge is 2.52. The number of halogens is 1. The van der Waals surface area contributed by atoms with Crippen molar-refractivity contribution in [1.29, 1.82) is 0 Å². The minimum absolute atomic E-state index is 0.0477. The van der Waals surface area contributed by atoms with Crippen molar-refractivity contribution in [2.24, 2.45) is 0 Å². The number of hydrogen-bond donors (Lipinski definition) is 0. The zero-order valence-corrected chi connectivity index (χ0v) is 16.2. The molecular formula is C18H24BFN2O4. The van der Waals surface area contributed by atoms with Gasteiger partial charge in [0.15, 0.2) is 0 Å². The summed E-state index contributed by atoms with van der Waals surface area (Å²) in [4.78, 5) is 12.4. The van der Waals surface area contributed by atoms with Crippen molar-refractivity contribution in [3.63, 3.8) is 0 Å². The number of carbonyl (C=O) groups excluding carboxylic acids is 1. The van der Waals surface area contributed by atoms with Gasteiger partial charge >= 0.3 is 13.2 Å². The Bertz CT molecular complexity index is 854. The van der Waals surface area contributed by atoms with Gasteiger partial charge in [-0.1, -0.05) is 6.07 Å². The fourth-order valence-electron chi connectivity index (χ4n) is 2.74. The van der Waals surface area contributed by atoms with E-state index in [1.165, 1.54) is 12.3 Å². The first-order valence-electron chi connectivity index (χ1n) is 8.57. The molecule has 0 spiro atoms. The van der Waals surface area contributed by atoms with Gasteiger partial charge in [-0.05, 0) is 60.0 Å². The molecule has 0 unspecified atom stereocenters. The molecule has 0 aliphatic carbocycles. The monoisotopic (exact) mass is 362 g/mol. The smallest absolute Gasteiger partial charge is 0.442 e. The zero-order valence-electron chi connectivity index (χ0n) is 16.2. The molecule has 1 saturated heterocycles. The maximum atomic E-state index is 14.5. The Morgan fingerprint density at radius 2 is 1.77 bits per heavy atom. The average Bonchev–Trinajstić information content (AvgIpc) is 2.98. The number of rotatable bonds is 1. The van der Waals surface area contributed by atoms with Gasteiger partial charge in [0, 0.05) is 5.39 Å². The molecule has 8 heteroatoms. The maximum absolute atomic E-state index is 14.5. The van der Waals surface area contributed by atoms with E-state index in [9.17, 15) is 9.18 Å². The van der Waals surface area contributed by atoms with Crippen molar-refractivity contribution in [3.8, 4) is 0 Å². The molecule has 0 atom stereocenters. The van der Waals surface area contributed by atoms with Gasteiger partial charge in [0.05, 0.1) is 17.4 Å².